The molecule has 0 aliphatic carbocycles. The van der Waals surface area contributed by atoms with E-state index in [1.54, 1.807) is 0 Å². The third-order valence-corrected chi connectivity index (χ3v) is 3.00. The molecule has 0 saturated heterocycles. The highest BCUT2D eigenvalue weighted by atomic mass is 32.1. The molecule has 0 unspecified atom stereocenters. The largest absolute Gasteiger partial charge is 0.368 e. The van der Waals surface area contributed by atoms with Crippen molar-refractivity contribution in [1.82, 2.24) is 8.75 Å². The summed E-state index contributed by atoms with van der Waals surface area (Å²) < 4.78 is 8.63. The molecule has 1 N–H and O–H groups in total. The van der Waals surface area contributed by atoms with Crippen molar-refractivity contribution in [3.8, 4) is 11.3 Å². The number of aromatic nitrogens is 2. The van der Waals surface area contributed by atoms with Gasteiger partial charge in [-0.15, -0.1) is 0 Å². The quantitative estimate of drug-likeness (QED) is 0.884. The zero-order valence-electron chi connectivity index (χ0n) is 9.74. The van der Waals surface area contributed by atoms with Gasteiger partial charge in [0.25, 0.3) is 0 Å². The Bertz CT molecular complexity index is 491. The standard InChI is InChI=1S/C12H15N3S/c1-4-13-12-11(14-16-15-12)10-6-5-8(2)7-9(10)3/h5-7H,4H2,1-3H3,(H,13,15). The normalized spacial score (nSPS) is 10.4. The highest BCUT2D eigenvalue weighted by Crippen LogP contribution is 2.28. The summed E-state index contributed by atoms with van der Waals surface area (Å²) in [6.07, 6.45) is 0. The van der Waals surface area contributed by atoms with Crippen molar-refractivity contribution in [2.24, 2.45) is 0 Å². The molecule has 0 radical (unpaired) electrons. The van der Waals surface area contributed by atoms with Crippen LogP contribution in [0.1, 0.15) is 18.1 Å². The molecule has 1 heterocycles. The zero-order valence-corrected chi connectivity index (χ0v) is 10.6. The van der Waals surface area contributed by atoms with E-state index in [-0.39, 0.29) is 0 Å². The van der Waals surface area contributed by atoms with Crippen molar-refractivity contribution < 1.29 is 0 Å². The van der Waals surface area contributed by atoms with Gasteiger partial charge in [-0.2, -0.15) is 8.75 Å². The Labute approximate surface area is 99.9 Å². The molecule has 16 heavy (non-hydrogen) atoms. The summed E-state index contributed by atoms with van der Waals surface area (Å²) in [5, 5.41) is 3.23. The van der Waals surface area contributed by atoms with E-state index in [1.807, 2.05) is 0 Å². The van der Waals surface area contributed by atoms with Crippen LogP contribution in [-0.4, -0.2) is 15.3 Å². The van der Waals surface area contributed by atoms with Crippen LogP contribution in [0.3, 0.4) is 0 Å². The van der Waals surface area contributed by atoms with Crippen LogP contribution in [0.4, 0.5) is 5.82 Å². The molecule has 0 fully saturated rings. The van der Waals surface area contributed by atoms with Gasteiger partial charge >= 0.3 is 0 Å². The number of nitrogens with one attached hydrogen (secondary N) is 1. The molecular weight excluding hydrogens is 218 g/mol. The number of hydrogen-bond acceptors (Lipinski definition) is 4. The fourth-order valence-corrected chi connectivity index (χ4v) is 2.27. The van der Waals surface area contributed by atoms with Gasteiger partial charge in [0, 0.05) is 12.1 Å². The Morgan fingerprint density at radius 3 is 2.75 bits per heavy atom. The summed E-state index contributed by atoms with van der Waals surface area (Å²) in [7, 11) is 0. The Balaban J connectivity index is 2.46. The van der Waals surface area contributed by atoms with Crippen molar-refractivity contribution in [1.29, 1.82) is 0 Å². The Hall–Kier alpha value is -1.42. The van der Waals surface area contributed by atoms with Gasteiger partial charge in [0.05, 0.1) is 11.7 Å². The van der Waals surface area contributed by atoms with Crippen molar-refractivity contribution in [3.05, 3.63) is 29.3 Å². The second-order valence-electron chi connectivity index (χ2n) is 3.81. The topological polar surface area (TPSA) is 37.8 Å². The van der Waals surface area contributed by atoms with E-state index in [1.165, 1.54) is 22.9 Å². The van der Waals surface area contributed by atoms with Gasteiger partial charge in [-0.25, -0.2) is 0 Å². The molecule has 0 bridgehead atoms. The average molecular weight is 233 g/mol. The molecule has 0 saturated carbocycles. The van der Waals surface area contributed by atoms with Crippen LogP contribution in [0, 0.1) is 13.8 Å². The predicted octanol–water partition coefficient (Wildman–Crippen LogP) is 3.25. The van der Waals surface area contributed by atoms with Crippen molar-refractivity contribution in [2.75, 3.05) is 11.9 Å². The summed E-state index contributed by atoms with van der Waals surface area (Å²) in [5.41, 5.74) is 4.64. The fourth-order valence-electron chi connectivity index (χ4n) is 1.73. The molecule has 0 atom stereocenters. The van der Waals surface area contributed by atoms with Gasteiger partial charge in [0.1, 0.15) is 5.69 Å². The number of aryl methyl sites for hydroxylation is 2. The highest BCUT2D eigenvalue weighted by molar-refractivity contribution is 6.99. The summed E-state index contributed by atoms with van der Waals surface area (Å²) >= 11 is 1.25. The second kappa shape index (κ2) is 4.61. The monoisotopic (exact) mass is 233 g/mol. The molecule has 4 heteroatoms. The Morgan fingerprint density at radius 2 is 2.06 bits per heavy atom. The number of nitrogens with zero attached hydrogens (tertiary/aromatic N) is 2. The molecule has 3 nitrogen and oxygen atoms in total. The van der Waals surface area contributed by atoms with Crippen LogP contribution in [0.25, 0.3) is 11.3 Å². The zero-order chi connectivity index (χ0) is 11.5. The molecule has 1 aromatic heterocycles. The van der Waals surface area contributed by atoms with Gasteiger partial charge in [-0.05, 0) is 26.3 Å². The molecule has 0 aliphatic heterocycles. The third-order valence-electron chi connectivity index (χ3n) is 2.47. The van der Waals surface area contributed by atoms with Gasteiger partial charge in [0.15, 0.2) is 5.82 Å². The highest BCUT2D eigenvalue weighted by Gasteiger charge is 2.11. The summed E-state index contributed by atoms with van der Waals surface area (Å²) in [6.45, 7) is 7.13. The smallest absolute Gasteiger partial charge is 0.168 e. The summed E-state index contributed by atoms with van der Waals surface area (Å²) in [4.78, 5) is 0. The molecular formula is C12H15N3S. The maximum atomic E-state index is 4.36. The minimum atomic E-state index is 0.864. The number of anilines is 1. The third kappa shape index (κ3) is 2.07. The van der Waals surface area contributed by atoms with Crippen molar-refractivity contribution in [3.63, 3.8) is 0 Å². The SMILES string of the molecule is CCNc1nsnc1-c1ccc(C)cc1C. The number of benzene rings is 1. The van der Waals surface area contributed by atoms with Crippen molar-refractivity contribution >= 4 is 17.5 Å². The van der Waals surface area contributed by atoms with E-state index in [0.29, 0.717) is 0 Å². The van der Waals surface area contributed by atoms with Crippen molar-refractivity contribution in [2.45, 2.75) is 20.8 Å². The van der Waals surface area contributed by atoms with Crippen LogP contribution < -0.4 is 5.32 Å². The van der Waals surface area contributed by atoms with Crippen LogP contribution >= 0.6 is 11.7 Å². The van der Waals surface area contributed by atoms with Gasteiger partial charge < -0.3 is 5.32 Å². The van der Waals surface area contributed by atoms with Crippen LogP contribution in [0.2, 0.25) is 0 Å². The summed E-state index contributed by atoms with van der Waals surface area (Å²) in [6, 6.07) is 6.39. The molecule has 0 amide bonds. The predicted molar refractivity (Wildman–Crippen MR) is 69.0 cm³/mol. The molecule has 2 aromatic rings. The van der Waals surface area contributed by atoms with E-state index in [4.69, 9.17) is 0 Å². The van der Waals surface area contributed by atoms with E-state index < -0.39 is 0 Å². The molecule has 0 aliphatic rings. The van der Waals surface area contributed by atoms with Gasteiger partial charge in [0.2, 0.25) is 0 Å². The number of rotatable bonds is 3. The molecule has 2 rings (SSSR count). The van der Waals surface area contributed by atoms with E-state index in [9.17, 15) is 0 Å². The Kier molecular flexibility index (Phi) is 3.19. The van der Waals surface area contributed by atoms with Crippen LogP contribution in [0.15, 0.2) is 18.2 Å². The lowest BCUT2D eigenvalue weighted by molar-refractivity contribution is 1.19. The maximum Gasteiger partial charge on any atom is 0.168 e. The average Bonchev–Trinajstić information content (AvgIpc) is 2.67. The van der Waals surface area contributed by atoms with E-state index in [0.717, 1.165) is 23.6 Å². The molecule has 1 aromatic carbocycles. The number of hydrogen-bond donors (Lipinski definition) is 1. The first-order valence-electron chi connectivity index (χ1n) is 5.36. The minimum absolute atomic E-state index is 0.864. The van der Waals surface area contributed by atoms with Crippen LogP contribution in [0.5, 0.6) is 0 Å². The van der Waals surface area contributed by atoms with Gasteiger partial charge in [-0.3, -0.25) is 0 Å². The first kappa shape index (κ1) is 11.1. The fraction of sp³-hybridized carbons (Fsp3) is 0.333. The molecule has 84 valence electrons. The lowest BCUT2D eigenvalue weighted by Gasteiger charge is -2.06. The molecule has 0 spiro atoms. The van der Waals surface area contributed by atoms with E-state index >= 15 is 0 Å². The van der Waals surface area contributed by atoms with E-state index in [2.05, 4.69) is 53.0 Å². The van der Waals surface area contributed by atoms with Crippen LogP contribution in [-0.2, 0) is 0 Å². The van der Waals surface area contributed by atoms with Gasteiger partial charge in [-0.1, -0.05) is 23.8 Å². The lowest BCUT2D eigenvalue weighted by Crippen LogP contribution is -1.98. The summed E-state index contributed by atoms with van der Waals surface area (Å²) in [5.74, 6) is 0.888. The minimum Gasteiger partial charge on any atom is -0.368 e. The first-order chi connectivity index (χ1) is 7.72. The first-order valence-corrected chi connectivity index (χ1v) is 6.09. The lowest BCUT2D eigenvalue weighted by atomic mass is 10.0. The Morgan fingerprint density at radius 1 is 1.25 bits per heavy atom. The second-order valence-corrected chi connectivity index (χ2v) is 4.34. The maximum absolute atomic E-state index is 4.36.